The number of carbonyl (C=O) groups is 1. The molecule has 5 nitrogen and oxygen atoms in total. The Morgan fingerprint density at radius 1 is 1.17 bits per heavy atom. The molecule has 2 aromatic carbocycles. The van der Waals surface area contributed by atoms with E-state index in [0.29, 0.717) is 34.2 Å². The van der Waals surface area contributed by atoms with Crippen molar-refractivity contribution in [1.29, 1.82) is 0 Å². The second kappa shape index (κ2) is 9.92. The highest BCUT2D eigenvalue weighted by Crippen LogP contribution is 2.41. The van der Waals surface area contributed by atoms with Crippen LogP contribution in [0.4, 0.5) is 0 Å². The molecule has 0 saturated heterocycles. The van der Waals surface area contributed by atoms with Crippen LogP contribution in [0.25, 0.3) is 5.52 Å². The Morgan fingerprint density at radius 2 is 2.00 bits per heavy atom. The summed E-state index contributed by atoms with van der Waals surface area (Å²) >= 11 is 12.5. The number of fused-ring (bicyclic) bond motifs is 1. The molecule has 5 rings (SSSR count). The number of alkyl halides is 1. The molecule has 0 radical (unpaired) electrons. The molecule has 4 aromatic rings. The largest absolute Gasteiger partial charge is 0.437 e. The molecule has 1 atom stereocenters. The first kappa shape index (κ1) is 23.7. The van der Waals surface area contributed by atoms with Crippen LogP contribution in [0.5, 0.6) is 11.6 Å². The molecule has 35 heavy (non-hydrogen) atoms. The monoisotopic (exact) mass is 507 g/mol. The van der Waals surface area contributed by atoms with Crippen LogP contribution in [0.2, 0.25) is 5.02 Å². The first-order valence-electron chi connectivity index (χ1n) is 11.8. The van der Waals surface area contributed by atoms with Crippen LogP contribution < -0.4 is 10.1 Å². The Labute approximate surface area is 215 Å². The van der Waals surface area contributed by atoms with E-state index in [2.05, 4.69) is 48.5 Å². The number of benzene rings is 2. The van der Waals surface area contributed by atoms with Crippen LogP contribution in [-0.2, 0) is 6.42 Å². The van der Waals surface area contributed by atoms with E-state index in [0.717, 1.165) is 5.56 Å². The summed E-state index contributed by atoms with van der Waals surface area (Å²) in [7, 11) is 0. The third-order valence-electron chi connectivity index (χ3n) is 6.37. The molecule has 1 aliphatic rings. The van der Waals surface area contributed by atoms with Crippen molar-refractivity contribution < 1.29 is 9.53 Å². The predicted octanol–water partition coefficient (Wildman–Crippen LogP) is 6.85. The predicted molar refractivity (Wildman–Crippen MR) is 140 cm³/mol. The van der Waals surface area contributed by atoms with Gasteiger partial charge in [0.2, 0.25) is 5.88 Å². The highest BCUT2D eigenvalue weighted by molar-refractivity contribution is 6.31. The summed E-state index contributed by atoms with van der Waals surface area (Å²) in [4.78, 5) is 13.5. The second-order valence-electron chi connectivity index (χ2n) is 9.30. The van der Waals surface area contributed by atoms with Gasteiger partial charge >= 0.3 is 0 Å². The summed E-state index contributed by atoms with van der Waals surface area (Å²) in [6.45, 7) is 4.14. The molecule has 1 amide bonds. The van der Waals surface area contributed by atoms with Crippen molar-refractivity contribution in [2.45, 2.75) is 45.1 Å². The van der Waals surface area contributed by atoms with Gasteiger partial charge in [0, 0.05) is 18.1 Å². The minimum Gasteiger partial charge on any atom is -0.437 e. The molecular formula is C28H27Cl2N3O2. The van der Waals surface area contributed by atoms with E-state index in [9.17, 15) is 4.79 Å². The normalized spacial score (nSPS) is 14.2. The molecule has 1 aliphatic carbocycles. The number of halogens is 2. The summed E-state index contributed by atoms with van der Waals surface area (Å²) in [5, 5.41) is 8.17. The lowest BCUT2D eigenvalue weighted by Crippen LogP contribution is -2.38. The lowest BCUT2D eigenvalue weighted by molar-refractivity contribution is 0.0937. The van der Waals surface area contributed by atoms with Gasteiger partial charge in [0.25, 0.3) is 5.91 Å². The summed E-state index contributed by atoms with van der Waals surface area (Å²) < 4.78 is 7.78. The van der Waals surface area contributed by atoms with Gasteiger partial charge in [-0.3, -0.25) is 4.79 Å². The van der Waals surface area contributed by atoms with Crippen LogP contribution in [0, 0.1) is 13.8 Å². The molecule has 2 aromatic heterocycles. The molecule has 2 heterocycles. The van der Waals surface area contributed by atoms with Crippen LogP contribution >= 0.6 is 23.2 Å². The summed E-state index contributed by atoms with van der Waals surface area (Å²) in [6, 6.07) is 17.5. The lowest BCUT2D eigenvalue weighted by atomic mass is 9.99. The number of rotatable bonds is 8. The zero-order chi connectivity index (χ0) is 24.5. The van der Waals surface area contributed by atoms with Crippen LogP contribution in [0.1, 0.15) is 51.4 Å². The quantitative estimate of drug-likeness (QED) is 0.265. The second-order valence-corrected chi connectivity index (χ2v) is 10.0. The maximum absolute atomic E-state index is 13.5. The first-order valence-corrected chi connectivity index (χ1v) is 12.7. The number of amides is 1. The van der Waals surface area contributed by atoms with E-state index >= 15 is 0 Å². The molecule has 0 spiro atoms. The van der Waals surface area contributed by atoms with Crippen molar-refractivity contribution in [1.82, 2.24) is 14.9 Å². The number of nitrogens with zero attached hydrogens (tertiary/aromatic N) is 2. The summed E-state index contributed by atoms with van der Waals surface area (Å²) in [5.41, 5.74) is 5.82. The fraction of sp³-hybridized carbons (Fsp3) is 0.286. The van der Waals surface area contributed by atoms with Gasteiger partial charge < -0.3 is 10.1 Å². The summed E-state index contributed by atoms with van der Waals surface area (Å²) in [5.74, 6) is 1.45. The van der Waals surface area contributed by atoms with Gasteiger partial charge in [-0.25, -0.2) is 4.52 Å². The maximum atomic E-state index is 13.5. The zero-order valence-electron chi connectivity index (χ0n) is 19.7. The Morgan fingerprint density at radius 3 is 2.74 bits per heavy atom. The van der Waals surface area contributed by atoms with Gasteiger partial charge in [-0.15, -0.1) is 16.7 Å². The van der Waals surface area contributed by atoms with E-state index in [-0.39, 0.29) is 23.7 Å². The fourth-order valence-electron chi connectivity index (χ4n) is 4.34. The molecule has 1 N–H and O–H groups in total. The van der Waals surface area contributed by atoms with Crippen molar-refractivity contribution in [3.8, 4) is 11.6 Å². The highest BCUT2D eigenvalue weighted by atomic mass is 35.5. The fourth-order valence-corrected chi connectivity index (χ4v) is 4.73. The molecule has 1 saturated carbocycles. The third-order valence-corrected chi connectivity index (χ3v) is 6.95. The number of ether oxygens (including phenoxy) is 1. The third kappa shape index (κ3) is 5.47. The molecule has 0 unspecified atom stereocenters. The van der Waals surface area contributed by atoms with Gasteiger partial charge in [-0.05, 0) is 80.0 Å². The minimum absolute atomic E-state index is 0.218. The number of aromatic nitrogens is 2. The molecule has 7 heteroatoms. The summed E-state index contributed by atoms with van der Waals surface area (Å²) in [6.07, 6.45) is 4.72. The van der Waals surface area contributed by atoms with E-state index in [1.165, 1.54) is 29.5 Å². The van der Waals surface area contributed by atoms with E-state index in [1.807, 2.05) is 18.2 Å². The molecule has 180 valence electrons. The molecule has 0 bridgehead atoms. The molecule has 0 aliphatic heterocycles. The standard InChI is InChI=1S/C28H27Cl2N3O2/c1-17-6-7-20(18(2)10-17)11-23(15-29)31-27(34)26-14-24-13-22(30)16-33(24)32-28(26)35-25-5-3-4-21(12-25)19-8-9-19/h3-7,10,12-14,16,19,23H,8-9,11,15H2,1-2H3,(H,31,34)/t23-/m1/s1. The topological polar surface area (TPSA) is 55.6 Å². The molecule has 1 fully saturated rings. The van der Waals surface area contributed by atoms with E-state index < -0.39 is 0 Å². The SMILES string of the molecule is Cc1ccc(C[C@H](CCl)NC(=O)c2cc3cc(Cl)cn3nc2Oc2cccc(C3CC3)c2)c(C)c1. The van der Waals surface area contributed by atoms with Crippen molar-refractivity contribution >= 4 is 34.6 Å². The van der Waals surface area contributed by atoms with Gasteiger partial charge in [-0.2, -0.15) is 0 Å². The zero-order valence-corrected chi connectivity index (χ0v) is 21.2. The number of hydrogen-bond acceptors (Lipinski definition) is 3. The van der Waals surface area contributed by atoms with E-state index in [1.54, 1.807) is 22.8 Å². The van der Waals surface area contributed by atoms with Crippen LogP contribution in [-0.4, -0.2) is 27.4 Å². The van der Waals surface area contributed by atoms with E-state index in [4.69, 9.17) is 27.9 Å². The first-order chi connectivity index (χ1) is 16.9. The van der Waals surface area contributed by atoms with Gasteiger partial charge in [0.05, 0.1) is 10.5 Å². The minimum atomic E-state index is -0.291. The van der Waals surface area contributed by atoms with Crippen molar-refractivity contribution in [3.63, 3.8) is 0 Å². The van der Waals surface area contributed by atoms with Gasteiger partial charge in [0.1, 0.15) is 11.3 Å². The number of nitrogens with one attached hydrogen (secondary N) is 1. The smallest absolute Gasteiger partial charge is 0.257 e. The van der Waals surface area contributed by atoms with Crippen molar-refractivity contribution in [2.24, 2.45) is 0 Å². The Bertz CT molecular complexity index is 1390. The maximum Gasteiger partial charge on any atom is 0.257 e. The number of aryl methyl sites for hydroxylation is 2. The van der Waals surface area contributed by atoms with Gasteiger partial charge in [0.15, 0.2) is 0 Å². The van der Waals surface area contributed by atoms with Crippen molar-refractivity contribution in [2.75, 3.05) is 5.88 Å². The highest BCUT2D eigenvalue weighted by Gasteiger charge is 2.25. The Kier molecular flexibility index (Phi) is 6.72. The van der Waals surface area contributed by atoms with Crippen molar-refractivity contribution in [3.05, 3.63) is 93.6 Å². The Hall–Kier alpha value is -3.02. The average molecular weight is 508 g/mol. The van der Waals surface area contributed by atoms with Crippen LogP contribution in [0.3, 0.4) is 0 Å². The number of carbonyl (C=O) groups excluding carboxylic acids is 1. The Balaban J connectivity index is 1.43. The lowest BCUT2D eigenvalue weighted by Gasteiger charge is -2.19. The number of hydrogen-bond donors (Lipinski definition) is 1. The average Bonchev–Trinajstić information content (AvgIpc) is 3.61. The molecular weight excluding hydrogens is 481 g/mol. The van der Waals surface area contributed by atoms with Gasteiger partial charge in [-0.1, -0.05) is 47.5 Å². The van der Waals surface area contributed by atoms with Crippen LogP contribution in [0.15, 0.2) is 60.8 Å².